The molecule has 2 fully saturated rings. The highest BCUT2D eigenvalue weighted by atomic mass is 16.2. The molecule has 2 aliphatic heterocycles. The lowest BCUT2D eigenvalue weighted by atomic mass is 9.96. The molecule has 2 saturated heterocycles. The third-order valence-corrected chi connectivity index (χ3v) is 6.08. The highest BCUT2D eigenvalue weighted by Gasteiger charge is 2.50. The number of likely N-dealkylation sites (tertiary alicyclic amines) is 1. The lowest BCUT2D eigenvalue weighted by Crippen LogP contribution is -2.47. The fraction of sp³-hybridized carbons (Fsp3) is 0.571. The van der Waals surface area contributed by atoms with Crippen LogP contribution >= 0.6 is 0 Å². The summed E-state index contributed by atoms with van der Waals surface area (Å²) >= 11 is 0. The maximum atomic E-state index is 12.6. The van der Waals surface area contributed by atoms with E-state index in [0.29, 0.717) is 5.92 Å². The second kappa shape index (κ2) is 7.08. The van der Waals surface area contributed by atoms with Gasteiger partial charge in [-0.25, -0.2) is 0 Å². The highest BCUT2D eigenvalue weighted by Crippen LogP contribution is 2.39. The van der Waals surface area contributed by atoms with Crippen LogP contribution in [-0.4, -0.2) is 45.1 Å². The molecule has 4 heterocycles. The Bertz CT molecular complexity index is 829. The number of nitrogens with zero attached hydrogens (tertiary/aromatic N) is 3. The predicted octanol–water partition coefficient (Wildman–Crippen LogP) is 3.09. The highest BCUT2D eigenvalue weighted by molar-refractivity contribution is 5.88. The third-order valence-electron chi connectivity index (χ3n) is 6.08. The summed E-state index contributed by atoms with van der Waals surface area (Å²) in [5, 5.41) is 11.0. The molecule has 1 amide bonds. The van der Waals surface area contributed by atoms with Crippen molar-refractivity contribution in [2.45, 2.75) is 57.5 Å². The third kappa shape index (κ3) is 3.38. The zero-order valence-electron chi connectivity index (χ0n) is 16.5. The topological polar surface area (TPSA) is 73.9 Å². The average Bonchev–Trinajstić information content (AvgIpc) is 3.37. The molecule has 0 bridgehead atoms. The monoisotopic (exact) mass is 367 g/mol. The van der Waals surface area contributed by atoms with E-state index in [1.54, 1.807) is 0 Å². The Labute approximate surface area is 160 Å². The first-order valence-electron chi connectivity index (χ1n) is 10.0. The van der Waals surface area contributed by atoms with Gasteiger partial charge in [0.2, 0.25) is 5.91 Å². The number of H-pyrrole nitrogens is 1. The van der Waals surface area contributed by atoms with Crippen molar-refractivity contribution in [2.24, 2.45) is 5.92 Å². The number of aryl methyl sites for hydroxylation is 1. The Morgan fingerprint density at radius 3 is 2.96 bits per heavy atom. The fourth-order valence-corrected chi connectivity index (χ4v) is 4.38. The summed E-state index contributed by atoms with van der Waals surface area (Å²) < 4.78 is 0. The molecule has 2 atom stereocenters. The molecule has 2 aromatic heterocycles. The van der Waals surface area contributed by atoms with Gasteiger partial charge in [0.15, 0.2) is 0 Å². The number of aromatic amines is 1. The normalized spacial score (nSPS) is 25.3. The summed E-state index contributed by atoms with van der Waals surface area (Å²) in [6.07, 6.45) is 8.64. The van der Waals surface area contributed by atoms with E-state index in [4.69, 9.17) is 0 Å². The molecule has 2 aliphatic rings. The Morgan fingerprint density at radius 1 is 1.37 bits per heavy atom. The quantitative estimate of drug-likeness (QED) is 0.852. The average molecular weight is 367 g/mol. The number of aromatic nitrogens is 3. The molecule has 2 N–H and O–H groups in total. The van der Waals surface area contributed by atoms with Gasteiger partial charge in [-0.3, -0.25) is 20.2 Å². The zero-order valence-corrected chi connectivity index (χ0v) is 16.5. The van der Waals surface area contributed by atoms with Gasteiger partial charge in [-0.15, -0.1) is 0 Å². The van der Waals surface area contributed by atoms with E-state index in [1.165, 1.54) is 5.69 Å². The molecular formula is C21H29N5O. The van der Waals surface area contributed by atoms with Crippen LogP contribution in [0.5, 0.6) is 0 Å². The van der Waals surface area contributed by atoms with Crippen molar-refractivity contribution in [1.29, 1.82) is 0 Å². The molecule has 0 aliphatic carbocycles. The molecule has 0 aromatic carbocycles. The summed E-state index contributed by atoms with van der Waals surface area (Å²) in [4.78, 5) is 19.0. The molecular weight excluding hydrogens is 338 g/mol. The van der Waals surface area contributed by atoms with E-state index < -0.39 is 0 Å². The second-order valence-electron chi connectivity index (χ2n) is 8.46. The van der Waals surface area contributed by atoms with Crippen LogP contribution < -0.4 is 5.32 Å². The largest absolute Gasteiger partial charge is 0.344 e. The van der Waals surface area contributed by atoms with E-state index in [0.717, 1.165) is 55.5 Å². The number of nitrogens with one attached hydrogen (secondary N) is 2. The summed E-state index contributed by atoms with van der Waals surface area (Å²) in [5.74, 6) is 0.891. The number of hydrogen-bond acceptors (Lipinski definition) is 4. The van der Waals surface area contributed by atoms with Gasteiger partial charge in [0.1, 0.15) is 5.54 Å². The lowest BCUT2D eigenvalue weighted by Gasteiger charge is -2.23. The minimum absolute atomic E-state index is 0.131. The predicted molar refractivity (Wildman–Crippen MR) is 105 cm³/mol. The maximum Gasteiger partial charge on any atom is 0.242 e. The van der Waals surface area contributed by atoms with E-state index in [2.05, 4.69) is 40.4 Å². The molecule has 4 rings (SSSR count). The molecule has 27 heavy (non-hydrogen) atoms. The van der Waals surface area contributed by atoms with Crippen molar-refractivity contribution in [1.82, 2.24) is 25.4 Å². The first-order chi connectivity index (χ1) is 13.0. The number of likely N-dealkylation sites (N-methyl/N-ethyl adjacent to an activating group) is 1. The van der Waals surface area contributed by atoms with Crippen LogP contribution in [0.3, 0.4) is 0 Å². The fourth-order valence-electron chi connectivity index (χ4n) is 4.38. The standard InChI is InChI=1S/C21H29N5O/c1-14(2)4-5-17-16(13-23-25-17)15-7-10-22-19(12-15)18-6-8-21(24-18)9-11-26(3)20(21)27/h7,10,12-14,18,24H,4-6,8-9,11H2,1-3H3,(H,23,25)/t18-,21+/m1/s1. The number of carbonyl (C=O) groups is 1. The summed E-state index contributed by atoms with van der Waals surface area (Å²) in [6, 6.07) is 4.34. The molecule has 6 heteroatoms. The molecule has 2 aromatic rings. The minimum atomic E-state index is -0.380. The SMILES string of the molecule is CC(C)CCc1[nH]ncc1-c1ccnc([C@H]2CC[C@@]3(CCN(C)C3=O)N2)c1. The van der Waals surface area contributed by atoms with Gasteiger partial charge in [0.25, 0.3) is 0 Å². The maximum absolute atomic E-state index is 12.6. The van der Waals surface area contributed by atoms with Crippen LogP contribution in [0, 0.1) is 5.92 Å². The van der Waals surface area contributed by atoms with Gasteiger partial charge in [-0.1, -0.05) is 13.8 Å². The molecule has 0 saturated carbocycles. The lowest BCUT2D eigenvalue weighted by molar-refractivity contribution is -0.131. The Balaban J connectivity index is 1.54. The van der Waals surface area contributed by atoms with E-state index in [9.17, 15) is 4.79 Å². The van der Waals surface area contributed by atoms with Crippen LogP contribution in [0.4, 0.5) is 0 Å². The second-order valence-corrected chi connectivity index (χ2v) is 8.46. The van der Waals surface area contributed by atoms with Crippen molar-refractivity contribution >= 4 is 5.91 Å². The number of rotatable bonds is 5. The van der Waals surface area contributed by atoms with Crippen molar-refractivity contribution in [3.05, 3.63) is 35.9 Å². The van der Waals surface area contributed by atoms with Crippen molar-refractivity contribution in [3.63, 3.8) is 0 Å². The first kappa shape index (κ1) is 18.2. The summed E-state index contributed by atoms with van der Waals surface area (Å²) in [7, 11) is 1.89. The molecule has 0 unspecified atom stereocenters. The van der Waals surface area contributed by atoms with Gasteiger partial charge in [0, 0.05) is 31.0 Å². The van der Waals surface area contributed by atoms with E-state index in [1.807, 2.05) is 30.4 Å². The van der Waals surface area contributed by atoms with Crippen LogP contribution in [0.25, 0.3) is 11.1 Å². The Morgan fingerprint density at radius 2 is 2.22 bits per heavy atom. The number of hydrogen-bond donors (Lipinski definition) is 2. The molecule has 1 spiro atoms. The number of pyridine rings is 1. The first-order valence-corrected chi connectivity index (χ1v) is 10.0. The summed E-state index contributed by atoms with van der Waals surface area (Å²) in [6.45, 7) is 5.31. The minimum Gasteiger partial charge on any atom is -0.344 e. The van der Waals surface area contributed by atoms with E-state index in [-0.39, 0.29) is 17.5 Å². The number of carbonyl (C=O) groups excluding carboxylic acids is 1. The van der Waals surface area contributed by atoms with Gasteiger partial charge >= 0.3 is 0 Å². The van der Waals surface area contributed by atoms with Crippen molar-refractivity contribution < 1.29 is 4.79 Å². The number of amides is 1. The smallest absolute Gasteiger partial charge is 0.242 e. The van der Waals surface area contributed by atoms with Crippen LogP contribution in [-0.2, 0) is 11.2 Å². The van der Waals surface area contributed by atoms with Crippen LogP contribution in [0.1, 0.15) is 57.0 Å². The molecule has 144 valence electrons. The van der Waals surface area contributed by atoms with Crippen LogP contribution in [0.2, 0.25) is 0 Å². The molecule has 6 nitrogen and oxygen atoms in total. The van der Waals surface area contributed by atoms with Crippen molar-refractivity contribution in [3.8, 4) is 11.1 Å². The molecule has 0 radical (unpaired) electrons. The van der Waals surface area contributed by atoms with Gasteiger partial charge in [-0.2, -0.15) is 5.10 Å². The Hall–Kier alpha value is -2.21. The van der Waals surface area contributed by atoms with Gasteiger partial charge in [0.05, 0.1) is 17.9 Å². The zero-order chi connectivity index (χ0) is 19.0. The van der Waals surface area contributed by atoms with Gasteiger partial charge < -0.3 is 4.90 Å². The Kier molecular flexibility index (Phi) is 4.76. The van der Waals surface area contributed by atoms with Gasteiger partial charge in [-0.05, 0) is 55.7 Å². The van der Waals surface area contributed by atoms with Crippen molar-refractivity contribution in [2.75, 3.05) is 13.6 Å². The van der Waals surface area contributed by atoms with Crippen LogP contribution in [0.15, 0.2) is 24.5 Å². The van der Waals surface area contributed by atoms with E-state index >= 15 is 0 Å². The summed E-state index contributed by atoms with van der Waals surface area (Å²) in [5.41, 5.74) is 4.12.